The van der Waals surface area contributed by atoms with Crippen LogP contribution in [0.15, 0.2) is 0 Å². The zero-order chi connectivity index (χ0) is 9.97. The highest BCUT2D eigenvalue weighted by molar-refractivity contribution is 5.76. The Morgan fingerprint density at radius 1 is 1.36 bits per heavy atom. The summed E-state index contributed by atoms with van der Waals surface area (Å²) in [5.74, 6) is 0.178. The maximum Gasteiger partial charge on any atom is 0.236 e. The van der Waals surface area contributed by atoms with Gasteiger partial charge in [-0.05, 0) is 19.3 Å². The zero-order valence-corrected chi connectivity index (χ0v) is 8.48. The van der Waals surface area contributed by atoms with Crippen molar-refractivity contribution in [3.63, 3.8) is 0 Å². The average Bonchev–Trinajstić information content (AvgIpc) is 2.08. The highest BCUT2D eigenvalue weighted by Gasteiger charge is 2.33. The van der Waals surface area contributed by atoms with Crippen molar-refractivity contribution in [3.05, 3.63) is 0 Å². The third kappa shape index (κ3) is 1.77. The molecule has 4 heteroatoms. The Hall–Kier alpha value is -0.610. The number of carbonyl (C=O) groups excluding carboxylic acids is 1. The van der Waals surface area contributed by atoms with Crippen LogP contribution in [-0.4, -0.2) is 46.8 Å². The molecular formula is C10H18N2O2. The van der Waals surface area contributed by atoms with Crippen molar-refractivity contribution >= 4 is 5.91 Å². The van der Waals surface area contributed by atoms with Crippen LogP contribution in [0.5, 0.6) is 0 Å². The highest BCUT2D eigenvalue weighted by atomic mass is 16.3. The van der Waals surface area contributed by atoms with E-state index in [1.165, 1.54) is 19.3 Å². The van der Waals surface area contributed by atoms with Crippen molar-refractivity contribution < 1.29 is 9.90 Å². The summed E-state index contributed by atoms with van der Waals surface area (Å²) in [6.07, 6.45) is 5.30. The molecule has 1 N–H and O–H groups in total. The Labute approximate surface area is 84.5 Å². The smallest absolute Gasteiger partial charge is 0.236 e. The lowest BCUT2D eigenvalue weighted by atomic mass is 9.92. The summed E-state index contributed by atoms with van der Waals surface area (Å²) in [4.78, 5) is 11.6. The Morgan fingerprint density at radius 3 is 2.71 bits per heavy atom. The molecule has 14 heavy (non-hydrogen) atoms. The number of carbonyl (C=O) groups is 1. The summed E-state index contributed by atoms with van der Waals surface area (Å²) in [5.41, 5.74) is 0. The molecule has 0 atom stereocenters. The number of rotatable bonds is 3. The normalized spacial score (nSPS) is 25.2. The first-order valence-electron chi connectivity index (χ1n) is 5.50. The van der Waals surface area contributed by atoms with Gasteiger partial charge in [-0.3, -0.25) is 9.80 Å². The highest BCUT2D eigenvalue weighted by Crippen LogP contribution is 2.28. The van der Waals surface area contributed by atoms with Crippen LogP contribution < -0.4 is 0 Å². The van der Waals surface area contributed by atoms with E-state index in [1.54, 1.807) is 5.01 Å². The molecule has 1 saturated heterocycles. The van der Waals surface area contributed by atoms with Crippen molar-refractivity contribution in [3.8, 4) is 0 Å². The topological polar surface area (TPSA) is 43.8 Å². The molecule has 2 aliphatic rings. The van der Waals surface area contributed by atoms with Gasteiger partial charge in [-0.1, -0.05) is 6.42 Å². The van der Waals surface area contributed by atoms with Crippen LogP contribution in [0.4, 0.5) is 0 Å². The number of aliphatic hydroxyl groups excluding tert-OH is 1. The SMILES string of the molecule is O=C1CCCN(C2CCC2)N1CCO. The number of aliphatic hydroxyl groups is 1. The molecule has 1 amide bonds. The third-order valence-electron chi connectivity index (χ3n) is 3.18. The van der Waals surface area contributed by atoms with Gasteiger partial charge in [0, 0.05) is 19.0 Å². The van der Waals surface area contributed by atoms with Crippen LogP contribution in [0.3, 0.4) is 0 Å². The maximum atomic E-state index is 11.6. The van der Waals surface area contributed by atoms with E-state index in [0.717, 1.165) is 13.0 Å². The van der Waals surface area contributed by atoms with E-state index >= 15 is 0 Å². The Balaban J connectivity index is 1.99. The van der Waals surface area contributed by atoms with Crippen molar-refractivity contribution in [2.45, 2.75) is 38.1 Å². The Morgan fingerprint density at radius 2 is 2.14 bits per heavy atom. The van der Waals surface area contributed by atoms with Gasteiger partial charge < -0.3 is 5.11 Å². The van der Waals surface area contributed by atoms with Crippen molar-refractivity contribution in [1.82, 2.24) is 10.0 Å². The van der Waals surface area contributed by atoms with Crippen molar-refractivity contribution in [2.75, 3.05) is 19.7 Å². The minimum absolute atomic E-state index is 0.0644. The molecule has 0 unspecified atom stereocenters. The molecule has 0 aromatic heterocycles. The molecule has 0 bridgehead atoms. The van der Waals surface area contributed by atoms with Crippen LogP contribution in [0.2, 0.25) is 0 Å². The van der Waals surface area contributed by atoms with Gasteiger partial charge >= 0.3 is 0 Å². The van der Waals surface area contributed by atoms with Gasteiger partial charge in [-0.2, -0.15) is 0 Å². The molecule has 0 spiro atoms. The van der Waals surface area contributed by atoms with Crippen LogP contribution >= 0.6 is 0 Å². The second-order valence-electron chi connectivity index (χ2n) is 4.09. The summed E-state index contributed by atoms with van der Waals surface area (Å²) in [7, 11) is 0. The fraction of sp³-hybridized carbons (Fsp3) is 0.900. The van der Waals surface area contributed by atoms with Gasteiger partial charge in [0.05, 0.1) is 13.2 Å². The quantitative estimate of drug-likeness (QED) is 0.712. The monoisotopic (exact) mass is 198 g/mol. The lowest BCUT2D eigenvalue weighted by Crippen LogP contribution is -2.57. The predicted octanol–water partition coefficient (Wildman–Crippen LogP) is 0.371. The Kier molecular flexibility index (Phi) is 3.03. The fourth-order valence-corrected chi connectivity index (χ4v) is 2.20. The molecule has 2 fully saturated rings. The number of hydrazine groups is 1. The van der Waals surface area contributed by atoms with Crippen LogP contribution in [0.1, 0.15) is 32.1 Å². The molecule has 1 aliphatic heterocycles. The predicted molar refractivity (Wildman–Crippen MR) is 52.4 cm³/mol. The summed E-state index contributed by atoms with van der Waals surface area (Å²) < 4.78 is 0. The van der Waals surface area contributed by atoms with E-state index in [9.17, 15) is 4.79 Å². The summed E-state index contributed by atoms with van der Waals surface area (Å²) >= 11 is 0. The summed E-state index contributed by atoms with van der Waals surface area (Å²) in [6.45, 7) is 1.51. The zero-order valence-electron chi connectivity index (χ0n) is 8.48. The first-order chi connectivity index (χ1) is 6.83. The molecule has 0 radical (unpaired) electrons. The lowest BCUT2D eigenvalue weighted by Gasteiger charge is -2.46. The van der Waals surface area contributed by atoms with E-state index in [0.29, 0.717) is 19.0 Å². The minimum atomic E-state index is 0.0644. The van der Waals surface area contributed by atoms with E-state index in [1.807, 2.05) is 0 Å². The number of nitrogens with zero attached hydrogens (tertiary/aromatic N) is 2. The molecular weight excluding hydrogens is 180 g/mol. The van der Waals surface area contributed by atoms with Gasteiger partial charge in [-0.15, -0.1) is 0 Å². The summed E-state index contributed by atoms with van der Waals surface area (Å²) in [5, 5.41) is 12.8. The van der Waals surface area contributed by atoms with Gasteiger partial charge in [-0.25, -0.2) is 5.01 Å². The van der Waals surface area contributed by atoms with Crippen LogP contribution in [0, 0.1) is 0 Å². The van der Waals surface area contributed by atoms with Crippen LogP contribution in [-0.2, 0) is 4.79 Å². The number of amides is 1. The molecule has 4 nitrogen and oxygen atoms in total. The molecule has 80 valence electrons. The van der Waals surface area contributed by atoms with Gasteiger partial charge in [0.1, 0.15) is 0 Å². The van der Waals surface area contributed by atoms with Crippen molar-refractivity contribution in [2.24, 2.45) is 0 Å². The van der Waals surface area contributed by atoms with E-state index in [2.05, 4.69) is 5.01 Å². The van der Waals surface area contributed by atoms with E-state index in [-0.39, 0.29) is 12.5 Å². The number of β-amino-alcohol motifs (C(OH)–C–C–N with tert-alkyl or cyclic N) is 1. The standard InChI is InChI=1S/C10H18N2O2/c13-8-7-12-10(14)5-2-6-11(12)9-3-1-4-9/h9,13H,1-8H2. The number of hydrogen-bond donors (Lipinski definition) is 1. The van der Waals surface area contributed by atoms with Gasteiger partial charge in [0.15, 0.2) is 0 Å². The fourth-order valence-electron chi connectivity index (χ4n) is 2.20. The largest absolute Gasteiger partial charge is 0.394 e. The first-order valence-corrected chi connectivity index (χ1v) is 5.50. The minimum Gasteiger partial charge on any atom is -0.394 e. The van der Waals surface area contributed by atoms with E-state index in [4.69, 9.17) is 5.11 Å². The van der Waals surface area contributed by atoms with Gasteiger partial charge in [0.25, 0.3) is 0 Å². The summed E-state index contributed by atoms with van der Waals surface area (Å²) in [6, 6.07) is 0.561. The second kappa shape index (κ2) is 4.28. The number of hydrogen-bond acceptors (Lipinski definition) is 3. The van der Waals surface area contributed by atoms with Gasteiger partial charge in [0.2, 0.25) is 5.91 Å². The maximum absolute atomic E-state index is 11.6. The third-order valence-corrected chi connectivity index (χ3v) is 3.18. The average molecular weight is 198 g/mol. The molecule has 1 heterocycles. The van der Waals surface area contributed by atoms with E-state index < -0.39 is 0 Å². The molecule has 0 aromatic rings. The molecule has 1 saturated carbocycles. The van der Waals surface area contributed by atoms with Crippen molar-refractivity contribution in [1.29, 1.82) is 0 Å². The molecule has 2 rings (SSSR count). The Bertz CT molecular complexity index is 216. The van der Waals surface area contributed by atoms with Crippen LogP contribution in [0.25, 0.3) is 0 Å². The molecule has 1 aliphatic carbocycles. The first kappa shape index (κ1) is 9.93. The second-order valence-corrected chi connectivity index (χ2v) is 4.09. The lowest BCUT2D eigenvalue weighted by molar-refractivity contribution is -0.167. The molecule has 0 aromatic carbocycles.